The Hall–Kier alpha value is -3.14. The van der Waals surface area contributed by atoms with Crippen LogP contribution in [0.15, 0.2) is 82.6 Å². The molecule has 10 heteroatoms. The number of rotatable bonds is 6. The van der Waals surface area contributed by atoms with Crippen molar-refractivity contribution in [3.05, 3.63) is 89.6 Å². The first-order valence-corrected chi connectivity index (χ1v) is 16.8. The third kappa shape index (κ3) is 4.87. The van der Waals surface area contributed by atoms with Crippen LogP contribution in [-0.2, 0) is 32.0 Å². The average molecular weight is 611 g/mol. The second-order valence-corrected chi connectivity index (χ2v) is 14.5. The van der Waals surface area contributed by atoms with E-state index in [1.165, 1.54) is 23.2 Å². The second kappa shape index (κ2) is 10.9. The summed E-state index contributed by atoms with van der Waals surface area (Å²) in [4.78, 5) is 16.3. The number of carbonyl (C=O) groups is 1. The molecule has 4 atom stereocenters. The Morgan fingerprint density at radius 3 is 2.46 bits per heavy atom. The first kappa shape index (κ1) is 28.0. The van der Waals surface area contributed by atoms with Crippen LogP contribution >= 0.6 is 11.6 Å². The van der Waals surface area contributed by atoms with Crippen molar-refractivity contribution < 1.29 is 22.2 Å². The topological polar surface area (TPSA) is 85.7 Å². The van der Waals surface area contributed by atoms with Gasteiger partial charge >= 0.3 is 0 Å². The van der Waals surface area contributed by atoms with Crippen molar-refractivity contribution >= 4 is 49.2 Å². The molecule has 1 fully saturated rings. The number of alkyl halides is 1. The summed E-state index contributed by atoms with van der Waals surface area (Å²) in [5, 5.41) is 0.428. The van der Waals surface area contributed by atoms with Gasteiger partial charge in [0.2, 0.25) is 5.91 Å². The molecule has 0 saturated carbocycles. The van der Waals surface area contributed by atoms with Crippen molar-refractivity contribution in [3.8, 4) is 5.75 Å². The lowest BCUT2D eigenvalue weighted by Gasteiger charge is -2.46. The number of aromatic nitrogens is 1. The highest BCUT2D eigenvalue weighted by Gasteiger charge is 2.46. The number of benzene rings is 3. The predicted molar refractivity (Wildman–Crippen MR) is 160 cm³/mol. The van der Waals surface area contributed by atoms with Gasteiger partial charge in [0.05, 0.1) is 34.4 Å². The number of piperidine rings is 1. The van der Waals surface area contributed by atoms with Crippen LogP contribution in [0.1, 0.15) is 35.7 Å². The highest BCUT2D eigenvalue weighted by atomic mass is 35.5. The number of hydrogen-bond donors (Lipinski definition) is 0. The van der Waals surface area contributed by atoms with Gasteiger partial charge in [-0.05, 0) is 62.2 Å². The molecular formula is C31H31ClN2O5S2. The SMILES string of the molecule is COc1ccc(S(=O)(=O)n2c3c(c4ccccc42)[C@H]2[C@@H](CCCN2C(=O)C[S@@](=O)c2ccc(C)cc2)[C@@H](Cl)C3)cc1. The summed E-state index contributed by atoms with van der Waals surface area (Å²) >= 11 is 7.02. The molecule has 1 aromatic heterocycles. The fourth-order valence-corrected chi connectivity index (χ4v) is 9.28. The van der Waals surface area contributed by atoms with Gasteiger partial charge in [-0.2, -0.15) is 0 Å². The molecule has 4 aromatic rings. The fourth-order valence-electron chi connectivity index (χ4n) is 6.30. The smallest absolute Gasteiger partial charge is 0.268 e. The average Bonchev–Trinajstić information content (AvgIpc) is 3.32. The normalized spacial score (nSPS) is 21.2. The van der Waals surface area contributed by atoms with Gasteiger partial charge in [-0.25, -0.2) is 12.4 Å². The molecule has 0 N–H and O–H groups in total. The number of halogens is 1. The number of para-hydroxylation sites is 1. The number of aryl methyl sites for hydroxylation is 1. The van der Waals surface area contributed by atoms with E-state index in [0.717, 1.165) is 29.4 Å². The van der Waals surface area contributed by atoms with Crippen molar-refractivity contribution in [2.24, 2.45) is 5.92 Å². The summed E-state index contributed by atoms with van der Waals surface area (Å²) in [7, 11) is -3.97. The lowest BCUT2D eigenvalue weighted by atomic mass is 9.76. The van der Waals surface area contributed by atoms with Crippen molar-refractivity contribution in [1.82, 2.24) is 8.87 Å². The van der Waals surface area contributed by atoms with Crippen LogP contribution in [0, 0.1) is 12.8 Å². The number of amides is 1. The van der Waals surface area contributed by atoms with Crippen molar-refractivity contribution in [3.63, 3.8) is 0 Å². The number of hydrogen-bond acceptors (Lipinski definition) is 5. The Morgan fingerprint density at radius 1 is 1.05 bits per heavy atom. The van der Waals surface area contributed by atoms with Crippen LogP contribution in [0.25, 0.3) is 10.9 Å². The summed E-state index contributed by atoms with van der Waals surface area (Å²) in [6.07, 6.45) is 1.97. The third-order valence-electron chi connectivity index (χ3n) is 8.25. The fraction of sp³-hybridized carbons (Fsp3) is 0.323. The van der Waals surface area contributed by atoms with E-state index >= 15 is 0 Å². The molecule has 7 nitrogen and oxygen atoms in total. The Balaban J connectivity index is 1.45. The first-order chi connectivity index (χ1) is 19.7. The van der Waals surface area contributed by atoms with Crippen molar-refractivity contribution in [2.45, 2.75) is 47.4 Å². The molecule has 1 aliphatic heterocycles. The molecule has 3 aromatic carbocycles. The maximum atomic E-state index is 14.1. The van der Waals surface area contributed by atoms with E-state index in [4.69, 9.17) is 16.3 Å². The highest BCUT2D eigenvalue weighted by Crippen LogP contribution is 2.50. The molecule has 0 unspecified atom stereocenters. The molecule has 2 aliphatic rings. The summed E-state index contributed by atoms with van der Waals surface area (Å²) in [5.41, 5.74) is 3.04. The minimum absolute atomic E-state index is 0.0439. The number of nitrogens with zero attached hydrogens (tertiary/aromatic N) is 2. The molecule has 41 heavy (non-hydrogen) atoms. The van der Waals surface area contributed by atoms with Gasteiger partial charge in [-0.3, -0.25) is 9.00 Å². The van der Waals surface area contributed by atoms with Gasteiger partial charge < -0.3 is 9.64 Å². The molecule has 2 heterocycles. The van der Waals surface area contributed by atoms with E-state index in [0.29, 0.717) is 34.8 Å². The third-order valence-corrected chi connectivity index (χ3v) is 11.8. The largest absolute Gasteiger partial charge is 0.497 e. The molecule has 1 amide bonds. The molecule has 6 rings (SSSR count). The van der Waals surface area contributed by atoms with Crippen LogP contribution < -0.4 is 4.74 Å². The summed E-state index contributed by atoms with van der Waals surface area (Å²) < 4.78 is 48.1. The Kier molecular flexibility index (Phi) is 7.46. The number of ether oxygens (including phenoxy) is 1. The summed E-state index contributed by atoms with van der Waals surface area (Å²) in [5.74, 6) is 0.159. The van der Waals surface area contributed by atoms with E-state index < -0.39 is 26.9 Å². The van der Waals surface area contributed by atoms with Crippen LogP contribution in [-0.4, -0.2) is 52.2 Å². The molecule has 1 saturated heterocycles. The Bertz CT molecular complexity index is 1750. The van der Waals surface area contributed by atoms with Crippen molar-refractivity contribution in [2.75, 3.05) is 19.4 Å². The quantitative estimate of drug-likeness (QED) is 0.271. The van der Waals surface area contributed by atoms with Crippen LogP contribution in [0.4, 0.5) is 0 Å². The zero-order valence-electron chi connectivity index (χ0n) is 22.8. The lowest BCUT2D eigenvalue weighted by Crippen LogP contribution is -2.49. The monoisotopic (exact) mass is 610 g/mol. The maximum Gasteiger partial charge on any atom is 0.268 e. The van der Waals surface area contributed by atoms with E-state index in [-0.39, 0.29) is 27.9 Å². The summed E-state index contributed by atoms with van der Waals surface area (Å²) in [6, 6.07) is 20.7. The number of likely N-dealkylation sites (tertiary alicyclic amines) is 1. The van der Waals surface area contributed by atoms with E-state index in [1.807, 2.05) is 37.3 Å². The second-order valence-electron chi connectivity index (χ2n) is 10.7. The zero-order chi connectivity index (χ0) is 28.9. The number of carbonyl (C=O) groups excluding carboxylic acids is 1. The van der Waals surface area contributed by atoms with E-state index in [2.05, 4.69) is 0 Å². The summed E-state index contributed by atoms with van der Waals surface area (Å²) in [6.45, 7) is 2.46. The maximum absolute atomic E-state index is 14.1. The highest BCUT2D eigenvalue weighted by molar-refractivity contribution is 7.90. The number of methoxy groups -OCH3 is 1. The molecular weight excluding hydrogens is 580 g/mol. The zero-order valence-corrected chi connectivity index (χ0v) is 25.2. The van der Waals surface area contributed by atoms with E-state index in [9.17, 15) is 17.4 Å². The van der Waals surface area contributed by atoms with Gasteiger partial charge in [0.15, 0.2) is 0 Å². The van der Waals surface area contributed by atoms with Gasteiger partial charge in [-0.1, -0.05) is 35.9 Å². The van der Waals surface area contributed by atoms with Crippen LogP contribution in [0.2, 0.25) is 0 Å². The lowest BCUT2D eigenvalue weighted by molar-refractivity contribution is -0.134. The van der Waals surface area contributed by atoms with Gasteiger partial charge in [0.1, 0.15) is 11.5 Å². The molecule has 0 spiro atoms. The predicted octanol–water partition coefficient (Wildman–Crippen LogP) is 5.45. The first-order valence-electron chi connectivity index (χ1n) is 13.6. The standard InChI is InChI=1S/C31H31ClN2O5S2/c1-20-9-13-22(14-10-20)40(36)19-29(35)33-17-5-7-24-26(32)18-28-30(31(24)33)25-6-3-4-8-27(25)34(28)41(37,38)23-15-11-21(39-2)12-16-23/h3-4,6,8-16,24,26,31H,5,7,17-19H2,1-2H3/t24-,26-,31+,40+/m0/s1. The Morgan fingerprint density at radius 2 is 1.76 bits per heavy atom. The number of fused-ring (bicyclic) bond motifs is 5. The van der Waals surface area contributed by atoms with Gasteiger partial charge in [0, 0.05) is 45.8 Å². The minimum atomic E-state index is -4.00. The van der Waals surface area contributed by atoms with Crippen molar-refractivity contribution in [1.29, 1.82) is 0 Å². The molecule has 214 valence electrons. The van der Waals surface area contributed by atoms with Gasteiger partial charge in [-0.15, -0.1) is 11.6 Å². The van der Waals surface area contributed by atoms with E-state index in [1.54, 1.807) is 35.2 Å². The molecule has 0 bridgehead atoms. The molecule has 1 aliphatic carbocycles. The Labute approximate surface area is 247 Å². The van der Waals surface area contributed by atoms with Crippen LogP contribution in [0.3, 0.4) is 0 Å². The molecule has 0 radical (unpaired) electrons. The minimum Gasteiger partial charge on any atom is -0.497 e. The van der Waals surface area contributed by atoms with Gasteiger partial charge in [0.25, 0.3) is 10.0 Å². The van der Waals surface area contributed by atoms with Crippen LogP contribution in [0.5, 0.6) is 5.75 Å².